The summed E-state index contributed by atoms with van der Waals surface area (Å²) >= 11 is 1.47. The number of furan rings is 1. The number of carbonyl (C=O) groups is 1. The Kier molecular flexibility index (Phi) is 4.68. The molecule has 0 aliphatic rings. The van der Waals surface area contributed by atoms with Crippen molar-refractivity contribution in [2.24, 2.45) is 0 Å². The first-order valence-corrected chi connectivity index (χ1v) is 8.19. The summed E-state index contributed by atoms with van der Waals surface area (Å²) in [6.45, 7) is 2.12. The van der Waals surface area contributed by atoms with E-state index in [2.05, 4.69) is 20.3 Å². The summed E-state index contributed by atoms with van der Waals surface area (Å²) in [4.78, 5) is 27.0. The van der Waals surface area contributed by atoms with Crippen LogP contribution in [0.15, 0.2) is 34.2 Å². The Morgan fingerprint density at radius 3 is 2.79 bits per heavy atom. The lowest BCUT2D eigenvalue weighted by molar-refractivity contribution is -0.116. The number of carbonyl (C=O) groups excluding carboxylic acids is 1. The Hall–Kier alpha value is -2.58. The van der Waals surface area contributed by atoms with Crippen molar-refractivity contribution in [1.82, 2.24) is 19.9 Å². The van der Waals surface area contributed by atoms with Crippen molar-refractivity contribution in [1.29, 1.82) is 0 Å². The Balaban J connectivity index is 1.98. The van der Waals surface area contributed by atoms with Crippen molar-refractivity contribution in [3.63, 3.8) is 0 Å². The second-order valence-electron chi connectivity index (χ2n) is 5.50. The van der Waals surface area contributed by atoms with Crippen molar-refractivity contribution in [3.05, 3.63) is 35.5 Å². The highest BCUT2D eigenvalue weighted by Gasteiger charge is 2.14. The number of likely N-dealkylation sites (N-methyl/N-ethyl adjacent to an activating group) is 1. The van der Waals surface area contributed by atoms with Gasteiger partial charge in [0, 0.05) is 17.6 Å². The number of aryl methyl sites for hydroxylation is 1. The Bertz CT molecular complexity index is 842. The van der Waals surface area contributed by atoms with Crippen LogP contribution in [0.5, 0.6) is 0 Å². The number of aromatic nitrogens is 3. The molecule has 0 radical (unpaired) electrons. The maximum absolute atomic E-state index is 12.0. The van der Waals surface area contributed by atoms with E-state index in [1.807, 2.05) is 38.5 Å². The highest BCUT2D eigenvalue weighted by atomic mass is 32.1. The summed E-state index contributed by atoms with van der Waals surface area (Å²) in [5.74, 6) is 2.01. The molecule has 0 aliphatic heterocycles. The van der Waals surface area contributed by atoms with Crippen molar-refractivity contribution in [2.45, 2.75) is 6.92 Å². The lowest BCUT2D eigenvalue weighted by atomic mass is 10.3. The zero-order valence-electron chi connectivity index (χ0n) is 13.6. The summed E-state index contributed by atoms with van der Waals surface area (Å²) in [6.07, 6.45) is 1.71. The van der Waals surface area contributed by atoms with E-state index >= 15 is 0 Å². The van der Waals surface area contributed by atoms with Crippen LogP contribution in [0.25, 0.3) is 22.3 Å². The van der Waals surface area contributed by atoms with E-state index in [1.165, 1.54) is 11.3 Å². The number of amides is 1. The molecule has 1 N–H and O–H groups in total. The first-order chi connectivity index (χ1) is 11.5. The zero-order valence-corrected chi connectivity index (χ0v) is 14.4. The third-order valence-electron chi connectivity index (χ3n) is 3.07. The predicted molar refractivity (Wildman–Crippen MR) is 92.8 cm³/mol. The van der Waals surface area contributed by atoms with Crippen LogP contribution in [0.3, 0.4) is 0 Å². The summed E-state index contributed by atoms with van der Waals surface area (Å²) < 4.78 is 5.60. The molecular formula is C16H17N5O2S. The fourth-order valence-corrected chi connectivity index (χ4v) is 2.70. The fraction of sp³-hybridized carbons (Fsp3) is 0.250. The fourth-order valence-electron chi connectivity index (χ4n) is 2.11. The third-order valence-corrected chi connectivity index (χ3v) is 3.86. The Morgan fingerprint density at radius 1 is 1.33 bits per heavy atom. The topological polar surface area (TPSA) is 84.2 Å². The summed E-state index contributed by atoms with van der Waals surface area (Å²) in [5.41, 5.74) is 0.643. The molecule has 0 aliphatic carbocycles. The van der Waals surface area contributed by atoms with Gasteiger partial charge in [-0.2, -0.15) is 0 Å². The molecule has 0 saturated heterocycles. The number of hydrogen-bond donors (Lipinski definition) is 1. The van der Waals surface area contributed by atoms with Gasteiger partial charge in [0.15, 0.2) is 11.6 Å². The molecule has 0 saturated carbocycles. The van der Waals surface area contributed by atoms with Crippen LogP contribution in [-0.2, 0) is 4.79 Å². The van der Waals surface area contributed by atoms with Gasteiger partial charge in [0.1, 0.15) is 22.3 Å². The first kappa shape index (κ1) is 16.3. The van der Waals surface area contributed by atoms with Crippen LogP contribution in [0.4, 0.5) is 5.82 Å². The van der Waals surface area contributed by atoms with Crippen LogP contribution >= 0.6 is 11.3 Å². The molecule has 7 nitrogen and oxygen atoms in total. The number of nitrogens with zero attached hydrogens (tertiary/aromatic N) is 4. The zero-order chi connectivity index (χ0) is 17.1. The van der Waals surface area contributed by atoms with E-state index < -0.39 is 0 Å². The van der Waals surface area contributed by atoms with E-state index in [-0.39, 0.29) is 12.5 Å². The van der Waals surface area contributed by atoms with Gasteiger partial charge in [0.25, 0.3) is 0 Å². The van der Waals surface area contributed by atoms with Gasteiger partial charge >= 0.3 is 0 Å². The largest absolute Gasteiger partial charge is 0.458 e. The highest BCUT2D eigenvalue weighted by molar-refractivity contribution is 7.13. The number of rotatable bonds is 5. The van der Waals surface area contributed by atoms with Gasteiger partial charge in [-0.25, -0.2) is 15.0 Å². The van der Waals surface area contributed by atoms with E-state index in [0.29, 0.717) is 23.1 Å². The molecular weight excluding hydrogens is 326 g/mol. The molecule has 0 unspecified atom stereocenters. The van der Waals surface area contributed by atoms with Gasteiger partial charge in [-0.15, -0.1) is 11.3 Å². The Morgan fingerprint density at radius 2 is 2.17 bits per heavy atom. The molecule has 8 heteroatoms. The van der Waals surface area contributed by atoms with Crippen molar-refractivity contribution >= 4 is 23.1 Å². The third kappa shape index (κ3) is 3.84. The number of thiazole rings is 1. The van der Waals surface area contributed by atoms with Gasteiger partial charge in [0.05, 0.1) is 6.54 Å². The molecule has 0 spiro atoms. The molecule has 0 aromatic carbocycles. The van der Waals surface area contributed by atoms with Crippen LogP contribution in [-0.4, -0.2) is 46.4 Å². The maximum atomic E-state index is 12.0. The first-order valence-electron chi connectivity index (χ1n) is 7.31. The normalized spacial score (nSPS) is 11.0. The minimum absolute atomic E-state index is 0.148. The van der Waals surface area contributed by atoms with Gasteiger partial charge in [-0.3, -0.25) is 4.79 Å². The monoisotopic (exact) mass is 343 g/mol. The molecule has 3 aromatic heterocycles. The minimum atomic E-state index is -0.148. The molecule has 3 heterocycles. The summed E-state index contributed by atoms with van der Waals surface area (Å²) in [5, 5.41) is 5.42. The average Bonchev–Trinajstić information content (AvgIpc) is 3.17. The van der Waals surface area contributed by atoms with E-state index in [9.17, 15) is 4.79 Å². The SMILES string of the molecule is Cc1ccc(-c2nc(NC(=O)CN(C)C)cc(-c3nccs3)n2)o1. The highest BCUT2D eigenvalue weighted by Crippen LogP contribution is 2.26. The molecule has 0 atom stereocenters. The lowest BCUT2D eigenvalue weighted by Crippen LogP contribution is -2.27. The molecule has 24 heavy (non-hydrogen) atoms. The van der Waals surface area contributed by atoms with E-state index in [1.54, 1.807) is 17.2 Å². The molecule has 124 valence electrons. The maximum Gasteiger partial charge on any atom is 0.239 e. The van der Waals surface area contributed by atoms with Crippen molar-refractivity contribution < 1.29 is 9.21 Å². The van der Waals surface area contributed by atoms with Crippen molar-refractivity contribution in [2.75, 3.05) is 26.0 Å². The quantitative estimate of drug-likeness (QED) is 0.767. The number of nitrogens with one attached hydrogen (secondary N) is 1. The predicted octanol–water partition coefficient (Wildman–Crippen LogP) is 2.67. The Labute approximate surface area is 143 Å². The van der Waals surface area contributed by atoms with Gasteiger partial charge < -0.3 is 14.6 Å². The number of anilines is 1. The van der Waals surface area contributed by atoms with Gasteiger partial charge in [-0.1, -0.05) is 0 Å². The molecule has 1 amide bonds. The van der Waals surface area contributed by atoms with E-state index in [4.69, 9.17) is 4.42 Å². The van der Waals surface area contributed by atoms with Crippen LogP contribution in [0.2, 0.25) is 0 Å². The molecule has 3 aromatic rings. The summed E-state index contributed by atoms with van der Waals surface area (Å²) in [6, 6.07) is 5.37. The summed E-state index contributed by atoms with van der Waals surface area (Å²) in [7, 11) is 3.66. The van der Waals surface area contributed by atoms with Crippen LogP contribution in [0.1, 0.15) is 5.76 Å². The molecule has 0 bridgehead atoms. The average molecular weight is 343 g/mol. The van der Waals surface area contributed by atoms with Gasteiger partial charge in [0.2, 0.25) is 5.91 Å². The molecule has 0 fully saturated rings. The number of hydrogen-bond acceptors (Lipinski definition) is 7. The molecule has 3 rings (SSSR count). The van der Waals surface area contributed by atoms with Gasteiger partial charge in [-0.05, 0) is 33.2 Å². The van der Waals surface area contributed by atoms with E-state index in [0.717, 1.165) is 10.8 Å². The van der Waals surface area contributed by atoms with Crippen LogP contribution < -0.4 is 5.32 Å². The van der Waals surface area contributed by atoms with Crippen molar-refractivity contribution in [3.8, 4) is 22.3 Å². The minimum Gasteiger partial charge on any atom is -0.458 e. The van der Waals surface area contributed by atoms with Crippen LogP contribution in [0, 0.1) is 6.92 Å². The standard InChI is InChI=1S/C16H17N5O2S/c1-10-4-5-12(23-10)15-18-11(16-17-6-7-24-16)8-13(20-15)19-14(22)9-21(2)3/h4-8H,9H2,1-3H3,(H,18,19,20,22). The second-order valence-corrected chi connectivity index (χ2v) is 6.39. The lowest BCUT2D eigenvalue weighted by Gasteiger charge is -2.10. The second kappa shape index (κ2) is 6.90. The smallest absolute Gasteiger partial charge is 0.239 e.